The highest BCUT2D eigenvalue weighted by Crippen LogP contribution is 2.40. The molecule has 1 unspecified atom stereocenters. The molecule has 0 aliphatic heterocycles. The first-order valence-corrected chi connectivity index (χ1v) is 10.5. The maximum absolute atomic E-state index is 13.7. The standard InChI is InChI=1S/C24H22Cl2F3NO/c1-4-23(9-10-23)30-22(31)18-7-5-16(11-14(18)2)6-8-19(24(27,28)29)17-12-15(3)21(26)20(25)13-17/h4-8,11-13,19H,1,9-10H2,2-3H3,(H,30,31)/b8-6+. The van der Waals surface area contributed by atoms with Crippen LogP contribution in [0.25, 0.3) is 6.08 Å². The van der Waals surface area contributed by atoms with E-state index < -0.39 is 12.1 Å². The van der Waals surface area contributed by atoms with Crippen LogP contribution in [0.1, 0.15) is 51.4 Å². The smallest absolute Gasteiger partial charge is 0.343 e. The fourth-order valence-corrected chi connectivity index (χ4v) is 3.79. The fourth-order valence-electron chi connectivity index (χ4n) is 3.40. The Bertz CT molecular complexity index is 1030. The highest BCUT2D eigenvalue weighted by atomic mass is 35.5. The Morgan fingerprint density at radius 2 is 1.84 bits per heavy atom. The number of allylic oxidation sites excluding steroid dienone is 1. The molecule has 0 aromatic heterocycles. The van der Waals surface area contributed by atoms with E-state index in [2.05, 4.69) is 11.9 Å². The molecule has 0 heterocycles. The van der Waals surface area contributed by atoms with E-state index in [1.165, 1.54) is 18.2 Å². The van der Waals surface area contributed by atoms with Crippen molar-refractivity contribution in [2.45, 2.75) is 44.3 Å². The topological polar surface area (TPSA) is 29.1 Å². The van der Waals surface area contributed by atoms with Crippen molar-refractivity contribution < 1.29 is 18.0 Å². The third-order valence-corrected chi connectivity index (χ3v) is 6.36. The van der Waals surface area contributed by atoms with Gasteiger partial charge in [-0.25, -0.2) is 0 Å². The van der Waals surface area contributed by atoms with Crippen LogP contribution >= 0.6 is 23.2 Å². The van der Waals surface area contributed by atoms with E-state index in [-0.39, 0.29) is 27.1 Å². The average molecular weight is 468 g/mol. The minimum absolute atomic E-state index is 0.0162. The van der Waals surface area contributed by atoms with Crippen LogP contribution in [0, 0.1) is 13.8 Å². The molecule has 0 saturated heterocycles. The predicted octanol–water partition coefficient (Wildman–Crippen LogP) is 7.42. The summed E-state index contributed by atoms with van der Waals surface area (Å²) in [7, 11) is 0. The molecule has 0 bridgehead atoms. The summed E-state index contributed by atoms with van der Waals surface area (Å²) < 4.78 is 41.2. The van der Waals surface area contributed by atoms with E-state index in [0.29, 0.717) is 22.3 Å². The molecule has 31 heavy (non-hydrogen) atoms. The number of hydrogen-bond donors (Lipinski definition) is 1. The lowest BCUT2D eigenvalue weighted by atomic mass is 9.95. The molecule has 1 aliphatic carbocycles. The number of halogens is 5. The van der Waals surface area contributed by atoms with Crippen molar-refractivity contribution in [1.29, 1.82) is 0 Å². The van der Waals surface area contributed by atoms with Crippen LogP contribution in [-0.4, -0.2) is 17.6 Å². The molecule has 2 aromatic carbocycles. The van der Waals surface area contributed by atoms with Gasteiger partial charge in [0, 0.05) is 5.56 Å². The van der Waals surface area contributed by atoms with Crippen LogP contribution in [0.4, 0.5) is 13.2 Å². The van der Waals surface area contributed by atoms with Gasteiger partial charge in [0.15, 0.2) is 0 Å². The Morgan fingerprint density at radius 3 is 2.35 bits per heavy atom. The van der Waals surface area contributed by atoms with Crippen LogP contribution in [0.15, 0.2) is 49.1 Å². The Balaban J connectivity index is 1.85. The molecule has 1 fully saturated rings. The SMILES string of the molecule is C=CC1(NC(=O)c2ccc(/C=C/C(c3cc(C)c(Cl)c(Cl)c3)C(F)(F)F)cc2C)CC1. The number of carbonyl (C=O) groups is 1. The van der Waals surface area contributed by atoms with Crippen LogP contribution in [0.2, 0.25) is 10.0 Å². The largest absolute Gasteiger partial charge is 0.399 e. The molecule has 0 spiro atoms. The molecule has 1 atom stereocenters. The number of amides is 1. The molecule has 2 aromatic rings. The van der Waals surface area contributed by atoms with E-state index in [4.69, 9.17) is 23.2 Å². The summed E-state index contributed by atoms with van der Waals surface area (Å²) in [5.41, 5.74) is 1.88. The quantitative estimate of drug-likeness (QED) is 0.440. The highest BCUT2D eigenvalue weighted by Gasteiger charge is 2.41. The maximum Gasteiger partial charge on any atom is 0.399 e. The predicted molar refractivity (Wildman–Crippen MR) is 120 cm³/mol. The van der Waals surface area contributed by atoms with Gasteiger partial charge in [-0.2, -0.15) is 13.2 Å². The van der Waals surface area contributed by atoms with Gasteiger partial charge in [-0.3, -0.25) is 4.79 Å². The zero-order chi connectivity index (χ0) is 23.0. The number of rotatable bonds is 6. The van der Waals surface area contributed by atoms with Gasteiger partial charge in [0.1, 0.15) is 0 Å². The summed E-state index contributed by atoms with van der Waals surface area (Å²) in [6.07, 6.45) is 1.43. The molecule has 0 radical (unpaired) electrons. The Kier molecular flexibility index (Phi) is 6.59. The summed E-state index contributed by atoms with van der Waals surface area (Å²) in [6, 6.07) is 7.56. The fraction of sp³-hybridized carbons (Fsp3) is 0.292. The Hall–Kier alpha value is -2.24. The molecule has 7 heteroatoms. The zero-order valence-electron chi connectivity index (χ0n) is 17.1. The number of alkyl halides is 3. The number of hydrogen-bond acceptors (Lipinski definition) is 1. The molecular formula is C24H22Cl2F3NO. The Morgan fingerprint density at radius 1 is 1.16 bits per heavy atom. The molecule has 1 N–H and O–H groups in total. The van der Waals surface area contributed by atoms with Gasteiger partial charge < -0.3 is 5.32 Å². The lowest BCUT2D eigenvalue weighted by Gasteiger charge is -2.19. The summed E-state index contributed by atoms with van der Waals surface area (Å²) >= 11 is 12.0. The number of aryl methyl sites for hydroxylation is 2. The lowest BCUT2D eigenvalue weighted by Crippen LogP contribution is -2.35. The minimum Gasteiger partial charge on any atom is -0.343 e. The van der Waals surface area contributed by atoms with Gasteiger partial charge in [0.05, 0.1) is 21.5 Å². The molecule has 164 valence electrons. The highest BCUT2D eigenvalue weighted by molar-refractivity contribution is 6.42. The van der Waals surface area contributed by atoms with Crippen molar-refractivity contribution in [2.75, 3.05) is 0 Å². The van der Waals surface area contributed by atoms with Gasteiger partial charge >= 0.3 is 6.18 Å². The van der Waals surface area contributed by atoms with Gasteiger partial charge in [0.25, 0.3) is 5.91 Å². The third kappa shape index (κ3) is 5.34. The number of nitrogens with one attached hydrogen (secondary N) is 1. The van der Waals surface area contributed by atoms with E-state index >= 15 is 0 Å². The van der Waals surface area contributed by atoms with E-state index in [1.54, 1.807) is 38.1 Å². The number of benzene rings is 2. The van der Waals surface area contributed by atoms with Crippen molar-refractivity contribution in [3.8, 4) is 0 Å². The second kappa shape index (κ2) is 8.71. The molecule has 1 saturated carbocycles. The van der Waals surface area contributed by atoms with Crippen molar-refractivity contribution in [1.82, 2.24) is 5.32 Å². The molecule has 1 amide bonds. The average Bonchev–Trinajstić information content (AvgIpc) is 3.45. The van der Waals surface area contributed by atoms with Gasteiger partial charge in [0.2, 0.25) is 0 Å². The number of carbonyl (C=O) groups excluding carboxylic acids is 1. The zero-order valence-corrected chi connectivity index (χ0v) is 18.6. The van der Waals surface area contributed by atoms with Gasteiger partial charge in [-0.05, 0) is 61.1 Å². The first-order valence-electron chi connectivity index (χ1n) is 9.73. The van der Waals surface area contributed by atoms with E-state index in [1.807, 2.05) is 0 Å². The first kappa shape index (κ1) is 23.4. The maximum atomic E-state index is 13.7. The molecule has 2 nitrogen and oxygen atoms in total. The Labute approximate surface area is 189 Å². The molecule has 1 aliphatic rings. The van der Waals surface area contributed by atoms with Crippen molar-refractivity contribution >= 4 is 35.2 Å². The van der Waals surface area contributed by atoms with E-state index in [9.17, 15) is 18.0 Å². The van der Waals surface area contributed by atoms with Crippen LogP contribution in [0.3, 0.4) is 0 Å². The van der Waals surface area contributed by atoms with Gasteiger partial charge in [-0.15, -0.1) is 6.58 Å². The van der Waals surface area contributed by atoms with Crippen molar-refractivity contribution in [2.24, 2.45) is 0 Å². The minimum atomic E-state index is -4.50. The van der Waals surface area contributed by atoms with Crippen LogP contribution in [-0.2, 0) is 0 Å². The van der Waals surface area contributed by atoms with Gasteiger partial charge in [-0.1, -0.05) is 59.6 Å². The summed E-state index contributed by atoms with van der Waals surface area (Å²) in [5, 5.41) is 3.28. The van der Waals surface area contributed by atoms with E-state index in [0.717, 1.165) is 18.9 Å². The lowest BCUT2D eigenvalue weighted by molar-refractivity contribution is -0.139. The summed E-state index contributed by atoms with van der Waals surface area (Å²) in [6.45, 7) is 7.11. The molecular weight excluding hydrogens is 446 g/mol. The normalized spacial score (nSPS) is 16.2. The first-order chi connectivity index (χ1) is 14.5. The van der Waals surface area contributed by atoms with Crippen LogP contribution in [0.5, 0.6) is 0 Å². The summed E-state index contributed by atoms with van der Waals surface area (Å²) in [4.78, 5) is 12.5. The summed E-state index contributed by atoms with van der Waals surface area (Å²) in [5.74, 6) is -2.06. The van der Waals surface area contributed by atoms with Crippen molar-refractivity contribution in [3.63, 3.8) is 0 Å². The van der Waals surface area contributed by atoms with Crippen molar-refractivity contribution in [3.05, 3.63) is 86.9 Å². The van der Waals surface area contributed by atoms with Crippen LogP contribution < -0.4 is 5.32 Å². The monoisotopic (exact) mass is 467 g/mol. The second-order valence-electron chi connectivity index (χ2n) is 7.90. The third-order valence-electron chi connectivity index (χ3n) is 5.46. The molecule has 3 rings (SSSR count). The second-order valence-corrected chi connectivity index (χ2v) is 8.69.